The predicted molar refractivity (Wildman–Crippen MR) is 82.1 cm³/mol. The molecule has 0 aliphatic rings. The molecule has 0 saturated heterocycles. The molecule has 0 spiro atoms. The number of oxazole rings is 1. The fraction of sp³-hybridized carbons (Fsp3) is 0.188. The van der Waals surface area contributed by atoms with E-state index in [9.17, 15) is 0 Å². The summed E-state index contributed by atoms with van der Waals surface area (Å²) in [4.78, 5) is 4.52. The smallest absolute Gasteiger partial charge is 0.199 e. The Morgan fingerprint density at radius 2 is 1.95 bits per heavy atom. The van der Waals surface area contributed by atoms with Gasteiger partial charge in [0.15, 0.2) is 11.5 Å². The number of aryl methyl sites for hydroxylation is 1. The first-order valence-electron chi connectivity index (χ1n) is 6.58. The van der Waals surface area contributed by atoms with Crippen LogP contribution >= 0.6 is 11.6 Å². The molecule has 3 rings (SSSR count). The van der Waals surface area contributed by atoms with Gasteiger partial charge in [0, 0.05) is 17.1 Å². The third-order valence-corrected chi connectivity index (χ3v) is 3.54. The lowest BCUT2D eigenvalue weighted by molar-refractivity contribution is 0.541. The van der Waals surface area contributed by atoms with E-state index < -0.39 is 0 Å². The van der Waals surface area contributed by atoms with Crippen LogP contribution in [-0.2, 0) is 12.8 Å². The molecule has 0 amide bonds. The summed E-state index contributed by atoms with van der Waals surface area (Å²) in [7, 11) is 0. The molecule has 0 fully saturated rings. The van der Waals surface area contributed by atoms with E-state index in [0.717, 1.165) is 39.4 Å². The summed E-state index contributed by atoms with van der Waals surface area (Å²) in [5.41, 5.74) is 10.5. The van der Waals surface area contributed by atoms with Gasteiger partial charge in [-0.25, -0.2) is 4.98 Å². The van der Waals surface area contributed by atoms with Crippen LogP contribution in [0.2, 0.25) is 5.02 Å². The standard InChI is InChI=1S/C16H15ClN2O/c1-2-11-8-13(18)9-14-16(11)20-15(19-14)7-10-3-5-12(17)6-4-10/h3-6,8-9H,2,7,18H2,1H3. The van der Waals surface area contributed by atoms with Crippen molar-refractivity contribution in [3.05, 3.63) is 58.4 Å². The number of nitrogens with zero attached hydrogens (tertiary/aromatic N) is 1. The molecule has 2 N–H and O–H groups in total. The van der Waals surface area contributed by atoms with Gasteiger partial charge in [0.1, 0.15) is 5.52 Å². The van der Waals surface area contributed by atoms with Crippen LogP contribution in [0.15, 0.2) is 40.8 Å². The first-order chi connectivity index (χ1) is 9.65. The second-order valence-corrected chi connectivity index (χ2v) is 5.23. The summed E-state index contributed by atoms with van der Waals surface area (Å²) in [5.74, 6) is 0.697. The van der Waals surface area contributed by atoms with Crippen molar-refractivity contribution in [1.82, 2.24) is 4.98 Å². The monoisotopic (exact) mass is 286 g/mol. The minimum absolute atomic E-state index is 0.648. The van der Waals surface area contributed by atoms with Gasteiger partial charge < -0.3 is 10.2 Å². The first-order valence-corrected chi connectivity index (χ1v) is 6.95. The van der Waals surface area contributed by atoms with Crippen molar-refractivity contribution in [2.75, 3.05) is 5.73 Å². The van der Waals surface area contributed by atoms with Crippen molar-refractivity contribution in [3.63, 3.8) is 0 Å². The second kappa shape index (κ2) is 5.17. The van der Waals surface area contributed by atoms with Gasteiger partial charge in [0.2, 0.25) is 0 Å². The summed E-state index contributed by atoms with van der Waals surface area (Å²) < 4.78 is 5.88. The minimum atomic E-state index is 0.648. The summed E-state index contributed by atoms with van der Waals surface area (Å²) in [6.45, 7) is 2.08. The summed E-state index contributed by atoms with van der Waals surface area (Å²) in [6, 6.07) is 11.5. The molecule has 20 heavy (non-hydrogen) atoms. The molecule has 0 aliphatic carbocycles. The van der Waals surface area contributed by atoms with E-state index in [1.807, 2.05) is 36.4 Å². The molecule has 4 heteroatoms. The van der Waals surface area contributed by atoms with E-state index in [0.29, 0.717) is 12.3 Å². The number of nitrogens with two attached hydrogens (primary N) is 1. The van der Waals surface area contributed by atoms with Crippen molar-refractivity contribution < 1.29 is 4.42 Å². The Labute approximate surface area is 122 Å². The van der Waals surface area contributed by atoms with E-state index in [2.05, 4.69) is 11.9 Å². The third kappa shape index (κ3) is 2.49. The van der Waals surface area contributed by atoms with Crippen molar-refractivity contribution in [1.29, 1.82) is 0 Å². The molecular formula is C16H15ClN2O. The Morgan fingerprint density at radius 1 is 1.20 bits per heavy atom. The maximum absolute atomic E-state index is 5.88. The highest BCUT2D eigenvalue weighted by molar-refractivity contribution is 6.30. The molecule has 0 saturated carbocycles. The van der Waals surface area contributed by atoms with Gasteiger partial charge >= 0.3 is 0 Å². The molecule has 102 valence electrons. The molecule has 3 nitrogen and oxygen atoms in total. The normalized spacial score (nSPS) is 11.1. The highest BCUT2D eigenvalue weighted by atomic mass is 35.5. The number of hydrogen-bond acceptors (Lipinski definition) is 3. The Balaban J connectivity index is 1.98. The van der Waals surface area contributed by atoms with E-state index in [1.54, 1.807) is 0 Å². The van der Waals surface area contributed by atoms with Gasteiger partial charge in [-0.05, 0) is 41.8 Å². The fourth-order valence-corrected chi connectivity index (χ4v) is 2.41. The van der Waals surface area contributed by atoms with Gasteiger partial charge in [-0.1, -0.05) is 30.7 Å². The van der Waals surface area contributed by atoms with E-state index in [4.69, 9.17) is 21.8 Å². The molecule has 2 aromatic carbocycles. The predicted octanol–water partition coefficient (Wildman–Crippen LogP) is 4.22. The molecule has 0 aliphatic heterocycles. The second-order valence-electron chi connectivity index (χ2n) is 4.79. The molecule has 1 aromatic heterocycles. The summed E-state index contributed by atoms with van der Waals surface area (Å²) >= 11 is 5.88. The quantitative estimate of drug-likeness (QED) is 0.734. The number of halogens is 1. The third-order valence-electron chi connectivity index (χ3n) is 3.28. The van der Waals surface area contributed by atoms with Gasteiger partial charge in [-0.15, -0.1) is 0 Å². The van der Waals surface area contributed by atoms with Crippen LogP contribution in [0.1, 0.15) is 23.9 Å². The van der Waals surface area contributed by atoms with Crippen LogP contribution < -0.4 is 5.73 Å². The fourth-order valence-electron chi connectivity index (χ4n) is 2.29. The van der Waals surface area contributed by atoms with Gasteiger partial charge in [0.25, 0.3) is 0 Å². The number of anilines is 1. The number of benzene rings is 2. The van der Waals surface area contributed by atoms with E-state index in [1.165, 1.54) is 0 Å². The SMILES string of the molecule is CCc1cc(N)cc2nc(Cc3ccc(Cl)cc3)oc12. The maximum atomic E-state index is 5.88. The number of aromatic nitrogens is 1. The lowest BCUT2D eigenvalue weighted by atomic mass is 10.1. The van der Waals surface area contributed by atoms with E-state index in [-0.39, 0.29) is 0 Å². The van der Waals surface area contributed by atoms with Crippen molar-refractivity contribution >= 4 is 28.4 Å². The molecule has 0 bridgehead atoms. The maximum Gasteiger partial charge on any atom is 0.199 e. The van der Waals surface area contributed by atoms with Crippen LogP contribution in [0, 0.1) is 0 Å². The van der Waals surface area contributed by atoms with Gasteiger partial charge in [-0.3, -0.25) is 0 Å². The molecule has 1 heterocycles. The molecule has 3 aromatic rings. The molecular weight excluding hydrogens is 272 g/mol. The number of nitrogen functional groups attached to an aromatic ring is 1. The Hall–Kier alpha value is -2.00. The zero-order chi connectivity index (χ0) is 14.1. The number of fused-ring (bicyclic) bond motifs is 1. The van der Waals surface area contributed by atoms with Crippen molar-refractivity contribution in [2.24, 2.45) is 0 Å². The number of rotatable bonds is 3. The lowest BCUT2D eigenvalue weighted by Gasteiger charge is -1.99. The zero-order valence-electron chi connectivity index (χ0n) is 11.2. The zero-order valence-corrected chi connectivity index (χ0v) is 11.9. The average Bonchev–Trinajstić information content (AvgIpc) is 2.82. The first kappa shape index (κ1) is 13.0. The minimum Gasteiger partial charge on any atom is -0.440 e. The Morgan fingerprint density at radius 3 is 2.65 bits per heavy atom. The van der Waals surface area contributed by atoms with Crippen molar-refractivity contribution in [2.45, 2.75) is 19.8 Å². The van der Waals surface area contributed by atoms with Gasteiger partial charge in [-0.2, -0.15) is 0 Å². The number of hydrogen-bond donors (Lipinski definition) is 1. The topological polar surface area (TPSA) is 52.0 Å². The summed E-state index contributed by atoms with van der Waals surface area (Å²) in [5, 5.41) is 0.729. The Kier molecular flexibility index (Phi) is 3.36. The van der Waals surface area contributed by atoms with Crippen LogP contribution in [0.25, 0.3) is 11.1 Å². The van der Waals surface area contributed by atoms with Crippen LogP contribution in [0.5, 0.6) is 0 Å². The van der Waals surface area contributed by atoms with E-state index >= 15 is 0 Å². The van der Waals surface area contributed by atoms with Gasteiger partial charge in [0.05, 0.1) is 0 Å². The highest BCUT2D eigenvalue weighted by Crippen LogP contribution is 2.25. The summed E-state index contributed by atoms with van der Waals surface area (Å²) in [6.07, 6.45) is 1.52. The Bertz CT molecular complexity index is 747. The van der Waals surface area contributed by atoms with Crippen LogP contribution in [0.4, 0.5) is 5.69 Å². The van der Waals surface area contributed by atoms with Crippen molar-refractivity contribution in [3.8, 4) is 0 Å². The van der Waals surface area contributed by atoms with Crippen LogP contribution in [0.3, 0.4) is 0 Å². The average molecular weight is 287 g/mol. The lowest BCUT2D eigenvalue weighted by Crippen LogP contribution is -1.88. The largest absolute Gasteiger partial charge is 0.440 e. The highest BCUT2D eigenvalue weighted by Gasteiger charge is 2.11. The molecule has 0 unspecified atom stereocenters. The molecule has 0 atom stereocenters. The molecule has 0 radical (unpaired) electrons. The van der Waals surface area contributed by atoms with Crippen LogP contribution in [-0.4, -0.2) is 4.98 Å².